The van der Waals surface area contributed by atoms with E-state index in [9.17, 15) is 4.79 Å². The van der Waals surface area contributed by atoms with Gasteiger partial charge in [0, 0.05) is 6.20 Å². The predicted molar refractivity (Wildman–Crippen MR) is 101 cm³/mol. The van der Waals surface area contributed by atoms with Crippen LogP contribution in [0.3, 0.4) is 0 Å². The Hall–Kier alpha value is -3.85. The number of aromatic nitrogens is 1. The van der Waals surface area contributed by atoms with E-state index in [1.54, 1.807) is 79.9 Å². The lowest BCUT2D eigenvalue weighted by atomic mass is 10.2. The quantitative estimate of drug-likeness (QED) is 0.715. The van der Waals surface area contributed by atoms with Crippen molar-refractivity contribution in [1.29, 1.82) is 5.26 Å². The van der Waals surface area contributed by atoms with Crippen LogP contribution < -0.4 is 14.8 Å². The lowest BCUT2D eigenvalue weighted by Crippen LogP contribution is -2.30. The number of amides is 1. The van der Waals surface area contributed by atoms with Gasteiger partial charge in [0.25, 0.3) is 5.91 Å². The van der Waals surface area contributed by atoms with Crippen LogP contribution in [-0.4, -0.2) is 17.0 Å². The number of hydrogen-bond acceptors (Lipinski definition) is 5. The Labute approximate surface area is 157 Å². The molecule has 0 saturated heterocycles. The molecule has 0 fully saturated rings. The molecule has 0 bridgehead atoms. The molecule has 1 atom stereocenters. The van der Waals surface area contributed by atoms with Crippen molar-refractivity contribution in [2.75, 3.05) is 5.32 Å². The Morgan fingerprint density at radius 1 is 1.00 bits per heavy atom. The van der Waals surface area contributed by atoms with Gasteiger partial charge in [0.2, 0.25) is 0 Å². The molecule has 6 nitrogen and oxygen atoms in total. The van der Waals surface area contributed by atoms with Crippen molar-refractivity contribution in [3.05, 3.63) is 78.5 Å². The lowest BCUT2D eigenvalue weighted by molar-refractivity contribution is -0.122. The number of rotatable bonds is 6. The third-order valence-corrected chi connectivity index (χ3v) is 3.64. The standard InChI is InChI=1S/C21H17N3O3/c1-15(21(25)24-20-4-2-3-13-23-20)26-17-9-11-19(12-10-17)27-18-7-5-16(14-22)6-8-18/h2-13,15H,1H3,(H,23,24,25). The SMILES string of the molecule is CC(Oc1ccc(Oc2ccc(C#N)cc2)cc1)C(=O)Nc1ccccn1. The summed E-state index contributed by atoms with van der Waals surface area (Å²) in [7, 11) is 0. The first kappa shape index (κ1) is 18.0. The molecule has 0 radical (unpaired) electrons. The zero-order valence-corrected chi connectivity index (χ0v) is 14.6. The van der Waals surface area contributed by atoms with Gasteiger partial charge in [-0.15, -0.1) is 0 Å². The van der Waals surface area contributed by atoms with Crippen molar-refractivity contribution < 1.29 is 14.3 Å². The lowest BCUT2D eigenvalue weighted by Gasteiger charge is -2.14. The van der Waals surface area contributed by atoms with E-state index in [0.717, 1.165) is 0 Å². The van der Waals surface area contributed by atoms with Crippen LogP contribution in [0.5, 0.6) is 17.2 Å². The first-order valence-corrected chi connectivity index (χ1v) is 8.31. The van der Waals surface area contributed by atoms with Crippen LogP contribution in [0.2, 0.25) is 0 Å². The number of carbonyl (C=O) groups excluding carboxylic acids is 1. The summed E-state index contributed by atoms with van der Waals surface area (Å²) < 4.78 is 11.4. The van der Waals surface area contributed by atoms with E-state index >= 15 is 0 Å². The molecule has 2 aromatic carbocycles. The number of anilines is 1. The van der Waals surface area contributed by atoms with Crippen molar-refractivity contribution in [2.24, 2.45) is 0 Å². The Kier molecular flexibility index (Phi) is 5.65. The molecular formula is C21H17N3O3. The van der Waals surface area contributed by atoms with Crippen LogP contribution in [0.15, 0.2) is 72.9 Å². The molecule has 0 aliphatic heterocycles. The fraction of sp³-hybridized carbons (Fsp3) is 0.0952. The molecule has 0 saturated carbocycles. The van der Waals surface area contributed by atoms with Crippen molar-refractivity contribution in [1.82, 2.24) is 4.98 Å². The second kappa shape index (κ2) is 8.50. The number of carbonyl (C=O) groups is 1. The maximum atomic E-state index is 12.2. The number of nitriles is 1. The van der Waals surface area contributed by atoms with E-state index < -0.39 is 6.10 Å². The zero-order chi connectivity index (χ0) is 19.1. The first-order valence-electron chi connectivity index (χ1n) is 8.31. The summed E-state index contributed by atoms with van der Waals surface area (Å²) in [6.07, 6.45) is 0.922. The number of ether oxygens (including phenoxy) is 2. The van der Waals surface area contributed by atoms with E-state index in [1.807, 2.05) is 0 Å². The smallest absolute Gasteiger partial charge is 0.266 e. The van der Waals surface area contributed by atoms with Crippen LogP contribution in [0.4, 0.5) is 5.82 Å². The maximum absolute atomic E-state index is 12.2. The molecule has 3 rings (SSSR count). The van der Waals surface area contributed by atoms with E-state index in [4.69, 9.17) is 14.7 Å². The molecule has 134 valence electrons. The molecule has 6 heteroatoms. The number of nitrogens with one attached hydrogen (secondary N) is 1. The number of pyridine rings is 1. The van der Waals surface area contributed by atoms with Crippen LogP contribution in [0.1, 0.15) is 12.5 Å². The molecule has 1 heterocycles. The third kappa shape index (κ3) is 5.06. The van der Waals surface area contributed by atoms with Gasteiger partial charge < -0.3 is 14.8 Å². The third-order valence-electron chi connectivity index (χ3n) is 3.64. The van der Waals surface area contributed by atoms with Crippen molar-refractivity contribution in [2.45, 2.75) is 13.0 Å². The molecule has 0 aliphatic carbocycles. The molecule has 1 amide bonds. The highest BCUT2D eigenvalue weighted by Crippen LogP contribution is 2.24. The molecular weight excluding hydrogens is 342 g/mol. The zero-order valence-electron chi connectivity index (χ0n) is 14.6. The van der Waals surface area contributed by atoms with Crippen LogP contribution in [0, 0.1) is 11.3 Å². The van der Waals surface area contributed by atoms with Gasteiger partial charge in [0.05, 0.1) is 11.6 Å². The van der Waals surface area contributed by atoms with Crippen LogP contribution in [0.25, 0.3) is 0 Å². The summed E-state index contributed by atoms with van der Waals surface area (Å²) in [4.78, 5) is 16.2. The minimum Gasteiger partial charge on any atom is -0.481 e. The number of hydrogen-bond donors (Lipinski definition) is 1. The van der Waals surface area contributed by atoms with Crippen LogP contribution >= 0.6 is 0 Å². The Morgan fingerprint density at radius 3 is 2.22 bits per heavy atom. The van der Waals surface area contributed by atoms with Crippen molar-refractivity contribution >= 4 is 11.7 Å². The van der Waals surface area contributed by atoms with E-state index in [2.05, 4.69) is 16.4 Å². The van der Waals surface area contributed by atoms with Gasteiger partial charge in [-0.25, -0.2) is 4.98 Å². The minimum atomic E-state index is -0.683. The summed E-state index contributed by atoms with van der Waals surface area (Å²) in [6.45, 7) is 1.67. The number of nitrogens with zero attached hydrogens (tertiary/aromatic N) is 2. The minimum absolute atomic E-state index is 0.286. The fourth-order valence-electron chi connectivity index (χ4n) is 2.24. The van der Waals surface area contributed by atoms with Crippen molar-refractivity contribution in [3.8, 4) is 23.3 Å². The topological polar surface area (TPSA) is 84.2 Å². The van der Waals surface area contributed by atoms with Crippen molar-refractivity contribution in [3.63, 3.8) is 0 Å². The second-order valence-electron chi connectivity index (χ2n) is 5.67. The van der Waals surface area contributed by atoms with E-state index in [1.165, 1.54) is 0 Å². The molecule has 1 unspecified atom stereocenters. The summed E-state index contributed by atoms with van der Waals surface area (Å²) in [5.41, 5.74) is 0.573. The van der Waals surface area contributed by atoms with Gasteiger partial charge in [-0.3, -0.25) is 4.79 Å². The van der Waals surface area contributed by atoms with Gasteiger partial charge in [-0.05, 0) is 67.6 Å². The summed E-state index contributed by atoms with van der Waals surface area (Å²) in [5, 5.41) is 11.5. The van der Waals surface area contributed by atoms with E-state index in [0.29, 0.717) is 28.6 Å². The fourth-order valence-corrected chi connectivity index (χ4v) is 2.24. The highest BCUT2D eigenvalue weighted by molar-refractivity contribution is 5.93. The number of benzene rings is 2. The summed E-state index contributed by atoms with van der Waals surface area (Å²) in [5.74, 6) is 1.99. The van der Waals surface area contributed by atoms with Crippen LogP contribution in [-0.2, 0) is 4.79 Å². The normalized spacial score (nSPS) is 11.1. The predicted octanol–water partition coefficient (Wildman–Crippen LogP) is 4.15. The first-order chi connectivity index (χ1) is 13.1. The van der Waals surface area contributed by atoms with E-state index in [-0.39, 0.29) is 5.91 Å². The van der Waals surface area contributed by atoms with Gasteiger partial charge in [0.1, 0.15) is 23.1 Å². The molecule has 3 aromatic rings. The Balaban J connectivity index is 1.56. The molecule has 0 aliphatic rings. The second-order valence-corrected chi connectivity index (χ2v) is 5.67. The highest BCUT2D eigenvalue weighted by atomic mass is 16.5. The molecule has 1 aromatic heterocycles. The largest absolute Gasteiger partial charge is 0.481 e. The average Bonchev–Trinajstić information content (AvgIpc) is 2.71. The van der Waals surface area contributed by atoms with Gasteiger partial charge in [-0.1, -0.05) is 6.07 Å². The molecule has 0 spiro atoms. The van der Waals surface area contributed by atoms with Gasteiger partial charge in [-0.2, -0.15) is 5.26 Å². The maximum Gasteiger partial charge on any atom is 0.266 e. The average molecular weight is 359 g/mol. The Morgan fingerprint density at radius 2 is 1.63 bits per heavy atom. The monoisotopic (exact) mass is 359 g/mol. The van der Waals surface area contributed by atoms with Gasteiger partial charge in [0.15, 0.2) is 6.10 Å². The Bertz CT molecular complexity index is 933. The summed E-state index contributed by atoms with van der Waals surface area (Å²) in [6, 6.07) is 21.1. The molecule has 27 heavy (non-hydrogen) atoms. The summed E-state index contributed by atoms with van der Waals surface area (Å²) >= 11 is 0. The van der Waals surface area contributed by atoms with Gasteiger partial charge >= 0.3 is 0 Å². The molecule has 1 N–H and O–H groups in total. The highest BCUT2D eigenvalue weighted by Gasteiger charge is 2.15.